The van der Waals surface area contributed by atoms with Crippen molar-refractivity contribution in [3.8, 4) is 0 Å². The molecule has 2 rings (SSSR count). The molecule has 10 nitrogen and oxygen atoms in total. The van der Waals surface area contributed by atoms with Crippen LogP contribution in [0.3, 0.4) is 0 Å². The molecule has 25 heavy (non-hydrogen) atoms. The fourth-order valence-electron chi connectivity index (χ4n) is 3.37. The smallest absolute Gasteiger partial charge is 0.303 e. The Labute approximate surface area is 142 Å². The third-order valence-corrected chi connectivity index (χ3v) is 4.41. The molecule has 0 atom stereocenters. The molecule has 10 heteroatoms. The highest BCUT2D eigenvalue weighted by molar-refractivity contribution is 6.07. The molecule has 2 saturated heterocycles. The number of amides is 4. The number of aliphatic carboxylic acids is 2. The first kappa shape index (κ1) is 18.6. The Bertz CT molecular complexity index is 568. The Hall–Kier alpha value is -2.78. The van der Waals surface area contributed by atoms with Crippen LogP contribution >= 0.6 is 0 Å². The molecule has 0 aromatic heterocycles. The standard InChI is InChI=1S/C15H18N2O8/c18-9-1-2-10(19)16(9)15(7-5-13(22)23,8-6-14(24)25)17-11(20)3-4-12(17)21/h1-8H2,(H,22,23)(H,24,25). The number of hydrogen-bond acceptors (Lipinski definition) is 6. The number of carboxylic acids is 2. The van der Waals surface area contributed by atoms with Crippen LogP contribution in [0.5, 0.6) is 0 Å². The SMILES string of the molecule is O=C(O)CCC(CCC(=O)O)(N1C(=O)CCC1=O)N1C(=O)CCC1=O. The van der Waals surface area contributed by atoms with Crippen molar-refractivity contribution in [1.82, 2.24) is 9.80 Å². The topological polar surface area (TPSA) is 149 Å². The maximum atomic E-state index is 12.3. The number of carbonyl (C=O) groups is 6. The zero-order valence-corrected chi connectivity index (χ0v) is 13.4. The summed E-state index contributed by atoms with van der Waals surface area (Å²) in [5.74, 6) is -5.08. The van der Waals surface area contributed by atoms with Gasteiger partial charge in [0.25, 0.3) is 0 Å². The van der Waals surface area contributed by atoms with E-state index >= 15 is 0 Å². The van der Waals surface area contributed by atoms with Crippen molar-refractivity contribution in [1.29, 1.82) is 0 Å². The molecule has 0 saturated carbocycles. The van der Waals surface area contributed by atoms with Crippen molar-refractivity contribution in [2.24, 2.45) is 0 Å². The van der Waals surface area contributed by atoms with Crippen LogP contribution in [0.2, 0.25) is 0 Å². The summed E-state index contributed by atoms with van der Waals surface area (Å²) in [5.41, 5.74) is -1.88. The van der Waals surface area contributed by atoms with E-state index in [1.165, 1.54) is 0 Å². The second-order valence-corrected chi connectivity index (χ2v) is 6.02. The lowest BCUT2D eigenvalue weighted by molar-refractivity contribution is -0.171. The number of carboxylic acid groups (broad SMARTS) is 2. The highest BCUT2D eigenvalue weighted by Gasteiger charge is 2.55. The molecule has 0 aromatic carbocycles. The molecule has 4 amide bonds. The van der Waals surface area contributed by atoms with Crippen LogP contribution in [-0.4, -0.2) is 61.2 Å². The molecular formula is C15H18N2O8. The van der Waals surface area contributed by atoms with E-state index in [-0.39, 0.29) is 25.7 Å². The van der Waals surface area contributed by atoms with Crippen LogP contribution in [0.4, 0.5) is 0 Å². The Balaban J connectivity index is 2.54. The van der Waals surface area contributed by atoms with Gasteiger partial charge in [0.1, 0.15) is 5.66 Å². The monoisotopic (exact) mass is 354 g/mol. The second-order valence-electron chi connectivity index (χ2n) is 6.02. The highest BCUT2D eigenvalue weighted by atomic mass is 16.4. The van der Waals surface area contributed by atoms with Gasteiger partial charge in [-0.1, -0.05) is 0 Å². The van der Waals surface area contributed by atoms with E-state index in [2.05, 4.69) is 0 Å². The van der Waals surface area contributed by atoms with E-state index in [0.29, 0.717) is 0 Å². The van der Waals surface area contributed by atoms with Gasteiger partial charge >= 0.3 is 11.9 Å². The Kier molecular flexibility index (Phi) is 5.19. The largest absolute Gasteiger partial charge is 0.481 e. The van der Waals surface area contributed by atoms with E-state index in [1.807, 2.05) is 0 Å². The molecule has 0 unspecified atom stereocenters. The minimum Gasteiger partial charge on any atom is -0.481 e. The summed E-state index contributed by atoms with van der Waals surface area (Å²) >= 11 is 0. The van der Waals surface area contributed by atoms with Gasteiger partial charge in [0.15, 0.2) is 0 Å². The first-order chi connectivity index (χ1) is 11.7. The van der Waals surface area contributed by atoms with Crippen molar-refractivity contribution in [2.75, 3.05) is 0 Å². The quantitative estimate of drug-likeness (QED) is 0.565. The molecule has 2 aliphatic heterocycles. The zero-order chi connectivity index (χ0) is 18.8. The number of hydrogen-bond donors (Lipinski definition) is 2. The van der Waals surface area contributed by atoms with E-state index in [9.17, 15) is 28.8 Å². The predicted octanol–water partition coefficient (Wildman–Crippen LogP) is -0.290. The third-order valence-electron chi connectivity index (χ3n) is 4.41. The first-order valence-electron chi connectivity index (χ1n) is 7.84. The average Bonchev–Trinajstić information content (AvgIpc) is 3.04. The number of carbonyl (C=O) groups excluding carboxylic acids is 4. The lowest BCUT2D eigenvalue weighted by Gasteiger charge is -2.45. The van der Waals surface area contributed by atoms with Gasteiger partial charge in [0, 0.05) is 51.4 Å². The van der Waals surface area contributed by atoms with E-state index in [4.69, 9.17) is 10.2 Å². The maximum absolute atomic E-state index is 12.3. The van der Waals surface area contributed by atoms with Gasteiger partial charge in [-0.3, -0.25) is 38.6 Å². The van der Waals surface area contributed by atoms with Crippen LogP contribution in [0.25, 0.3) is 0 Å². The molecule has 0 radical (unpaired) electrons. The van der Waals surface area contributed by atoms with Gasteiger partial charge in [-0.05, 0) is 0 Å². The van der Waals surface area contributed by atoms with E-state index in [0.717, 1.165) is 9.80 Å². The van der Waals surface area contributed by atoms with Gasteiger partial charge in [0.2, 0.25) is 23.6 Å². The number of rotatable bonds is 8. The zero-order valence-electron chi connectivity index (χ0n) is 13.4. The summed E-state index contributed by atoms with van der Waals surface area (Å²) in [7, 11) is 0. The van der Waals surface area contributed by atoms with Crippen molar-refractivity contribution >= 4 is 35.6 Å². The molecule has 0 bridgehead atoms. The number of imide groups is 2. The Morgan fingerprint density at radius 1 is 0.720 bits per heavy atom. The molecule has 2 N–H and O–H groups in total. The lowest BCUT2D eigenvalue weighted by atomic mass is 9.93. The maximum Gasteiger partial charge on any atom is 0.303 e. The molecule has 0 spiro atoms. The molecular weight excluding hydrogens is 336 g/mol. The van der Waals surface area contributed by atoms with Gasteiger partial charge in [-0.15, -0.1) is 0 Å². The molecule has 2 heterocycles. The minimum atomic E-state index is -1.88. The van der Waals surface area contributed by atoms with Crippen molar-refractivity contribution in [3.63, 3.8) is 0 Å². The van der Waals surface area contributed by atoms with Crippen molar-refractivity contribution in [2.45, 2.75) is 57.0 Å². The summed E-state index contributed by atoms with van der Waals surface area (Å²) in [5, 5.41) is 18.0. The minimum absolute atomic E-state index is 0.128. The van der Waals surface area contributed by atoms with Crippen LogP contribution in [0.1, 0.15) is 51.4 Å². The van der Waals surface area contributed by atoms with Gasteiger partial charge < -0.3 is 10.2 Å². The summed E-state index contributed by atoms with van der Waals surface area (Å²) in [6.45, 7) is 0. The van der Waals surface area contributed by atoms with Gasteiger partial charge in [-0.25, -0.2) is 0 Å². The summed E-state index contributed by atoms with van der Waals surface area (Å²) in [6.07, 6.45) is -2.38. The predicted molar refractivity (Wildman–Crippen MR) is 78.6 cm³/mol. The van der Waals surface area contributed by atoms with Crippen LogP contribution in [-0.2, 0) is 28.8 Å². The number of likely N-dealkylation sites (tertiary alicyclic amines) is 2. The van der Waals surface area contributed by atoms with Crippen molar-refractivity contribution < 1.29 is 39.0 Å². The molecule has 0 aromatic rings. The molecule has 2 fully saturated rings. The normalized spacial score (nSPS) is 18.4. The van der Waals surface area contributed by atoms with Crippen molar-refractivity contribution in [3.05, 3.63) is 0 Å². The summed E-state index contributed by atoms with van der Waals surface area (Å²) in [6, 6.07) is 0. The summed E-state index contributed by atoms with van der Waals surface area (Å²) < 4.78 is 0. The van der Waals surface area contributed by atoms with Gasteiger partial charge in [-0.2, -0.15) is 0 Å². The first-order valence-corrected chi connectivity index (χ1v) is 7.84. The highest BCUT2D eigenvalue weighted by Crippen LogP contribution is 2.38. The Morgan fingerprint density at radius 3 is 1.24 bits per heavy atom. The summed E-state index contributed by atoms with van der Waals surface area (Å²) in [4.78, 5) is 72.6. The number of nitrogens with zero attached hydrogens (tertiary/aromatic N) is 2. The van der Waals surface area contributed by atoms with Gasteiger partial charge in [0.05, 0.1) is 0 Å². The van der Waals surface area contributed by atoms with Crippen LogP contribution < -0.4 is 0 Å². The molecule has 136 valence electrons. The fourth-order valence-corrected chi connectivity index (χ4v) is 3.37. The second kappa shape index (κ2) is 6.99. The van der Waals surface area contributed by atoms with E-state index in [1.54, 1.807) is 0 Å². The average molecular weight is 354 g/mol. The van der Waals surface area contributed by atoms with Crippen LogP contribution in [0, 0.1) is 0 Å². The third kappa shape index (κ3) is 3.52. The molecule has 0 aliphatic carbocycles. The fraction of sp³-hybridized carbons (Fsp3) is 0.600. The molecule has 2 aliphatic rings. The van der Waals surface area contributed by atoms with E-state index < -0.39 is 66.9 Å². The lowest BCUT2D eigenvalue weighted by Crippen LogP contribution is -2.64. The van der Waals surface area contributed by atoms with Crippen LogP contribution in [0.15, 0.2) is 0 Å². The Morgan fingerprint density at radius 2 is 1.00 bits per heavy atom.